The van der Waals surface area contributed by atoms with Crippen molar-refractivity contribution >= 4 is 23.2 Å². The Morgan fingerprint density at radius 1 is 1.22 bits per heavy atom. The van der Waals surface area contributed by atoms with Crippen molar-refractivity contribution in [1.82, 2.24) is 4.90 Å². The summed E-state index contributed by atoms with van der Waals surface area (Å²) < 4.78 is 0. The molecule has 0 aromatic heterocycles. The van der Waals surface area contributed by atoms with E-state index in [2.05, 4.69) is 6.07 Å². The van der Waals surface area contributed by atoms with Gasteiger partial charge in [0.25, 0.3) is 11.6 Å². The van der Waals surface area contributed by atoms with Crippen LogP contribution in [0.15, 0.2) is 36.4 Å². The van der Waals surface area contributed by atoms with Gasteiger partial charge in [0.15, 0.2) is 0 Å². The van der Waals surface area contributed by atoms with Crippen molar-refractivity contribution in [3.05, 3.63) is 73.8 Å². The predicted molar refractivity (Wildman–Crippen MR) is 89.8 cm³/mol. The van der Waals surface area contributed by atoms with Gasteiger partial charge in [-0.15, -0.1) is 0 Å². The Kier molecular flexibility index (Phi) is 5.01. The first-order valence-electron chi connectivity index (χ1n) is 7.05. The first kappa shape index (κ1) is 17.0. The number of nitro groups is 1. The van der Waals surface area contributed by atoms with Crippen molar-refractivity contribution in [3.8, 4) is 0 Å². The quantitative estimate of drug-likeness (QED) is 0.624. The van der Waals surface area contributed by atoms with Gasteiger partial charge >= 0.3 is 0 Å². The van der Waals surface area contributed by atoms with E-state index in [1.807, 2.05) is 26.0 Å². The largest absolute Gasteiger partial charge is 0.337 e. The van der Waals surface area contributed by atoms with Crippen LogP contribution in [0, 0.1) is 24.0 Å². The van der Waals surface area contributed by atoms with Crippen LogP contribution >= 0.6 is 11.6 Å². The van der Waals surface area contributed by atoms with Gasteiger partial charge in [0, 0.05) is 25.7 Å². The number of hydrogen-bond donors (Lipinski definition) is 0. The Balaban J connectivity index is 2.21. The lowest BCUT2D eigenvalue weighted by Gasteiger charge is -2.19. The minimum Gasteiger partial charge on any atom is -0.337 e. The molecular weight excluding hydrogens is 316 g/mol. The Morgan fingerprint density at radius 3 is 2.48 bits per heavy atom. The molecule has 2 aromatic rings. The van der Waals surface area contributed by atoms with E-state index in [1.165, 1.54) is 23.8 Å². The van der Waals surface area contributed by atoms with E-state index in [0.717, 1.165) is 11.1 Å². The maximum absolute atomic E-state index is 12.5. The SMILES string of the molecule is Cc1ccc(CN(C)C(=O)c2ccc([N+](=O)[O-])cc2Cl)c(C)c1. The third-order valence-electron chi connectivity index (χ3n) is 3.65. The molecule has 0 fully saturated rings. The molecule has 2 rings (SSSR count). The van der Waals surface area contributed by atoms with Crippen molar-refractivity contribution in [2.45, 2.75) is 20.4 Å². The molecule has 0 saturated carbocycles. The maximum atomic E-state index is 12.5. The minimum atomic E-state index is -0.542. The number of amides is 1. The zero-order chi connectivity index (χ0) is 17.1. The van der Waals surface area contributed by atoms with Crippen molar-refractivity contribution in [2.75, 3.05) is 7.05 Å². The highest BCUT2D eigenvalue weighted by Crippen LogP contribution is 2.24. The molecule has 5 nitrogen and oxygen atoms in total. The molecule has 0 heterocycles. The molecule has 23 heavy (non-hydrogen) atoms. The normalized spacial score (nSPS) is 10.4. The zero-order valence-corrected chi connectivity index (χ0v) is 13.9. The summed E-state index contributed by atoms with van der Waals surface area (Å²) in [5.41, 5.74) is 3.44. The number of aryl methyl sites for hydroxylation is 2. The molecular formula is C17H17ClN2O3. The molecule has 0 bridgehead atoms. The number of carbonyl (C=O) groups excluding carboxylic acids is 1. The highest BCUT2D eigenvalue weighted by Gasteiger charge is 2.18. The van der Waals surface area contributed by atoms with Crippen molar-refractivity contribution in [3.63, 3.8) is 0 Å². The van der Waals surface area contributed by atoms with Crippen LogP contribution in [0.1, 0.15) is 27.0 Å². The summed E-state index contributed by atoms with van der Waals surface area (Å²) in [6.45, 7) is 4.46. The van der Waals surface area contributed by atoms with Crippen molar-refractivity contribution in [1.29, 1.82) is 0 Å². The van der Waals surface area contributed by atoms with Gasteiger partial charge in [-0.05, 0) is 31.0 Å². The Bertz CT molecular complexity index is 774. The summed E-state index contributed by atoms with van der Waals surface area (Å²) in [6.07, 6.45) is 0. The fraction of sp³-hybridized carbons (Fsp3) is 0.235. The summed E-state index contributed by atoms with van der Waals surface area (Å²) in [5.74, 6) is -0.273. The highest BCUT2D eigenvalue weighted by molar-refractivity contribution is 6.34. The lowest BCUT2D eigenvalue weighted by atomic mass is 10.1. The number of carbonyl (C=O) groups is 1. The second-order valence-corrected chi connectivity index (χ2v) is 5.92. The van der Waals surface area contributed by atoms with E-state index in [0.29, 0.717) is 6.54 Å². The third-order valence-corrected chi connectivity index (χ3v) is 3.96. The first-order chi connectivity index (χ1) is 10.8. The van der Waals surface area contributed by atoms with Crippen LogP contribution in [0.3, 0.4) is 0 Å². The molecule has 0 aliphatic carbocycles. The molecule has 0 aliphatic heterocycles. The lowest BCUT2D eigenvalue weighted by molar-refractivity contribution is -0.384. The van der Waals surface area contributed by atoms with Gasteiger partial charge in [0.1, 0.15) is 0 Å². The zero-order valence-electron chi connectivity index (χ0n) is 13.2. The van der Waals surface area contributed by atoms with Crippen LogP contribution in [0.2, 0.25) is 5.02 Å². The average molecular weight is 333 g/mol. The molecule has 0 radical (unpaired) electrons. The van der Waals surface area contributed by atoms with Crippen LogP contribution in [-0.4, -0.2) is 22.8 Å². The van der Waals surface area contributed by atoms with Crippen LogP contribution in [-0.2, 0) is 6.54 Å². The van der Waals surface area contributed by atoms with Crippen LogP contribution in [0.25, 0.3) is 0 Å². The fourth-order valence-electron chi connectivity index (χ4n) is 2.35. The van der Waals surface area contributed by atoms with Crippen LogP contribution in [0.4, 0.5) is 5.69 Å². The average Bonchev–Trinajstić information content (AvgIpc) is 2.49. The van der Waals surface area contributed by atoms with Gasteiger partial charge in [-0.25, -0.2) is 0 Å². The van der Waals surface area contributed by atoms with Crippen LogP contribution < -0.4 is 0 Å². The summed E-state index contributed by atoms with van der Waals surface area (Å²) in [4.78, 5) is 24.2. The molecule has 0 unspecified atom stereocenters. The smallest absolute Gasteiger partial charge is 0.270 e. The third kappa shape index (κ3) is 3.87. The minimum absolute atomic E-state index is 0.0803. The molecule has 0 aliphatic rings. The summed E-state index contributed by atoms with van der Waals surface area (Å²) in [7, 11) is 1.68. The summed E-state index contributed by atoms with van der Waals surface area (Å²) in [5, 5.41) is 10.8. The Morgan fingerprint density at radius 2 is 1.91 bits per heavy atom. The lowest BCUT2D eigenvalue weighted by Crippen LogP contribution is -2.26. The van der Waals surface area contributed by atoms with Crippen molar-refractivity contribution < 1.29 is 9.72 Å². The number of hydrogen-bond acceptors (Lipinski definition) is 3. The molecule has 1 amide bonds. The Hall–Kier alpha value is -2.40. The summed E-state index contributed by atoms with van der Waals surface area (Å²) in [6, 6.07) is 9.92. The van der Waals surface area contributed by atoms with Gasteiger partial charge in [0.2, 0.25) is 0 Å². The number of non-ortho nitro benzene ring substituents is 1. The topological polar surface area (TPSA) is 63.5 Å². The summed E-state index contributed by atoms with van der Waals surface area (Å²) >= 11 is 6.02. The number of nitro benzene ring substituents is 1. The van der Waals surface area contributed by atoms with E-state index in [4.69, 9.17) is 11.6 Å². The van der Waals surface area contributed by atoms with Gasteiger partial charge < -0.3 is 4.90 Å². The number of rotatable bonds is 4. The predicted octanol–water partition coefficient (Wildman–Crippen LogP) is 4.14. The van der Waals surface area contributed by atoms with E-state index in [9.17, 15) is 14.9 Å². The second-order valence-electron chi connectivity index (χ2n) is 5.51. The van der Waals surface area contributed by atoms with E-state index in [1.54, 1.807) is 11.9 Å². The maximum Gasteiger partial charge on any atom is 0.270 e. The molecule has 0 spiro atoms. The molecule has 120 valence electrons. The first-order valence-corrected chi connectivity index (χ1v) is 7.43. The van der Waals surface area contributed by atoms with Gasteiger partial charge in [-0.1, -0.05) is 35.4 Å². The van der Waals surface area contributed by atoms with Gasteiger partial charge in [0.05, 0.1) is 15.5 Å². The second kappa shape index (κ2) is 6.79. The number of halogens is 1. The molecule has 0 saturated heterocycles. The van der Waals surface area contributed by atoms with Crippen LogP contribution in [0.5, 0.6) is 0 Å². The molecule has 6 heteroatoms. The fourth-order valence-corrected chi connectivity index (χ4v) is 2.60. The van der Waals surface area contributed by atoms with E-state index < -0.39 is 4.92 Å². The number of benzene rings is 2. The number of nitrogens with zero attached hydrogens (tertiary/aromatic N) is 2. The monoisotopic (exact) mass is 332 g/mol. The van der Waals surface area contributed by atoms with Gasteiger partial charge in [-0.2, -0.15) is 0 Å². The van der Waals surface area contributed by atoms with E-state index >= 15 is 0 Å². The highest BCUT2D eigenvalue weighted by atomic mass is 35.5. The molecule has 0 atom stereocenters. The molecule has 2 aromatic carbocycles. The van der Waals surface area contributed by atoms with E-state index in [-0.39, 0.29) is 22.2 Å². The standard InChI is InChI=1S/C17H17ClN2O3/c1-11-4-5-13(12(2)8-11)10-19(3)17(21)15-7-6-14(20(22)23)9-16(15)18/h4-9H,10H2,1-3H3. The van der Waals surface area contributed by atoms with Gasteiger partial charge in [-0.3, -0.25) is 14.9 Å². The Labute approximate surface area is 139 Å². The molecule has 0 N–H and O–H groups in total. The van der Waals surface area contributed by atoms with Crippen molar-refractivity contribution in [2.24, 2.45) is 0 Å².